The van der Waals surface area contributed by atoms with Crippen LogP contribution in [0, 0.1) is 0 Å². The fourth-order valence-corrected chi connectivity index (χ4v) is 6.13. The lowest BCUT2D eigenvalue weighted by atomic mass is 10.1. The summed E-state index contributed by atoms with van der Waals surface area (Å²) in [5, 5.41) is 13.7. The van der Waals surface area contributed by atoms with E-state index in [1.54, 1.807) is 6.08 Å². The van der Waals surface area contributed by atoms with E-state index in [2.05, 4.69) is 55.6 Å². The van der Waals surface area contributed by atoms with Gasteiger partial charge in [0.2, 0.25) is 5.91 Å². The summed E-state index contributed by atoms with van der Waals surface area (Å²) in [5.41, 5.74) is 0. The van der Waals surface area contributed by atoms with Gasteiger partial charge in [-0.1, -0.05) is 133 Å². The molecule has 0 aliphatic carbocycles. The van der Waals surface area contributed by atoms with Gasteiger partial charge in [0.05, 0.1) is 39.9 Å². The highest BCUT2D eigenvalue weighted by Crippen LogP contribution is 2.38. The number of unbranched alkanes of at least 4 members (excludes halogenated alkanes) is 17. The van der Waals surface area contributed by atoms with E-state index in [-0.39, 0.29) is 12.5 Å². The number of carbonyl (C=O) groups is 1. The molecule has 0 bridgehead atoms. The Morgan fingerprint density at radius 3 is 1.59 bits per heavy atom. The average Bonchev–Trinajstić information content (AvgIpc) is 3.07. The van der Waals surface area contributed by atoms with E-state index < -0.39 is 26.6 Å². The van der Waals surface area contributed by atoms with Gasteiger partial charge in [-0.05, 0) is 70.6 Å². The Bertz CT molecular complexity index is 975. The van der Waals surface area contributed by atoms with Crippen LogP contribution in [0.5, 0.6) is 0 Å². The molecule has 0 radical (unpaired) electrons. The van der Waals surface area contributed by atoms with Crippen LogP contribution in [0.25, 0.3) is 0 Å². The van der Waals surface area contributed by atoms with Gasteiger partial charge in [0.1, 0.15) is 13.2 Å². The minimum absolute atomic E-state index is 0.0111. The summed E-state index contributed by atoms with van der Waals surface area (Å²) in [7, 11) is 1.22. The van der Waals surface area contributed by atoms with Gasteiger partial charge in [0.15, 0.2) is 0 Å². The van der Waals surface area contributed by atoms with Crippen LogP contribution in [0.3, 0.4) is 0 Å². The predicted octanol–water partition coefficient (Wildman–Crippen LogP) is 10.3. The number of aliphatic hydroxyl groups excluding tert-OH is 1. The minimum Gasteiger partial charge on any atom is -0.756 e. The monoisotopic (exact) mass is 739 g/mol. The first-order chi connectivity index (χ1) is 24.5. The number of rotatable bonds is 36. The molecule has 8 nitrogen and oxygen atoms in total. The SMILES string of the molecule is CCCCCC/C=C\CCCCCCCCCC(=O)NC(COP(=O)([O-])OCC[N+](C)(C)C)C(O)/C=C/CC/C=C/CC/C=C/CCCCCC. The fourth-order valence-electron chi connectivity index (χ4n) is 5.41. The first-order valence-electron chi connectivity index (χ1n) is 20.5. The molecule has 298 valence electrons. The Morgan fingerprint density at radius 1 is 0.667 bits per heavy atom. The van der Waals surface area contributed by atoms with Crippen molar-refractivity contribution in [1.29, 1.82) is 0 Å². The van der Waals surface area contributed by atoms with E-state index in [0.29, 0.717) is 17.4 Å². The molecule has 1 amide bonds. The zero-order valence-corrected chi connectivity index (χ0v) is 34.4. The number of likely N-dealkylation sites (N-methyl/N-ethyl adjacent to an activating group) is 1. The third kappa shape index (κ3) is 36.6. The Morgan fingerprint density at radius 2 is 1.10 bits per heavy atom. The number of nitrogens with one attached hydrogen (secondary N) is 1. The third-order valence-corrected chi connectivity index (χ3v) is 9.70. The molecular formula is C42H79N2O6P. The first-order valence-corrected chi connectivity index (χ1v) is 22.0. The number of aliphatic hydroxyl groups is 1. The maximum absolute atomic E-state index is 12.8. The van der Waals surface area contributed by atoms with E-state index in [1.807, 2.05) is 27.2 Å². The Kier molecular flexibility index (Phi) is 33.2. The molecule has 0 rings (SSSR count). The van der Waals surface area contributed by atoms with Crippen molar-refractivity contribution in [3.63, 3.8) is 0 Å². The van der Waals surface area contributed by atoms with Crippen LogP contribution in [0.1, 0.15) is 162 Å². The van der Waals surface area contributed by atoms with Crippen LogP contribution in [0.2, 0.25) is 0 Å². The zero-order chi connectivity index (χ0) is 37.9. The summed E-state index contributed by atoms with van der Waals surface area (Å²) in [6.45, 7) is 4.55. The smallest absolute Gasteiger partial charge is 0.268 e. The number of carbonyl (C=O) groups excluding carboxylic acids is 1. The molecule has 0 aliphatic rings. The van der Waals surface area contributed by atoms with Crippen molar-refractivity contribution < 1.29 is 32.9 Å². The highest BCUT2D eigenvalue weighted by molar-refractivity contribution is 7.45. The fraction of sp³-hybridized carbons (Fsp3) is 0.786. The molecule has 0 heterocycles. The van der Waals surface area contributed by atoms with Crippen LogP contribution in [-0.4, -0.2) is 68.5 Å². The number of hydrogen-bond donors (Lipinski definition) is 2. The second kappa shape index (κ2) is 34.2. The molecule has 9 heteroatoms. The molecule has 51 heavy (non-hydrogen) atoms. The van der Waals surface area contributed by atoms with Crippen molar-refractivity contribution in [1.82, 2.24) is 5.32 Å². The molecule has 0 aromatic carbocycles. The van der Waals surface area contributed by atoms with Gasteiger partial charge in [-0.3, -0.25) is 9.36 Å². The van der Waals surface area contributed by atoms with Crippen molar-refractivity contribution in [2.45, 2.75) is 174 Å². The third-order valence-electron chi connectivity index (χ3n) is 8.74. The van der Waals surface area contributed by atoms with Crippen LogP contribution in [0.15, 0.2) is 48.6 Å². The highest BCUT2D eigenvalue weighted by Gasteiger charge is 2.23. The number of nitrogens with zero attached hydrogens (tertiary/aromatic N) is 1. The molecule has 0 aromatic heterocycles. The lowest BCUT2D eigenvalue weighted by Gasteiger charge is -2.29. The first kappa shape index (κ1) is 49.5. The second-order valence-electron chi connectivity index (χ2n) is 15.0. The number of allylic oxidation sites excluding steroid dienone is 7. The molecule has 3 unspecified atom stereocenters. The number of hydrogen-bond acceptors (Lipinski definition) is 6. The topological polar surface area (TPSA) is 108 Å². The van der Waals surface area contributed by atoms with Gasteiger partial charge in [0.25, 0.3) is 7.82 Å². The lowest BCUT2D eigenvalue weighted by Crippen LogP contribution is -2.45. The summed E-state index contributed by atoms with van der Waals surface area (Å²) < 4.78 is 23.1. The van der Waals surface area contributed by atoms with Crippen molar-refractivity contribution in [3.8, 4) is 0 Å². The lowest BCUT2D eigenvalue weighted by molar-refractivity contribution is -0.870. The van der Waals surface area contributed by atoms with Gasteiger partial charge in [-0.25, -0.2) is 0 Å². The Balaban J connectivity index is 4.58. The highest BCUT2D eigenvalue weighted by atomic mass is 31.2. The molecule has 0 fully saturated rings. The van der Waals surface area contributed by atoms with Gasteiger partial charge < -0.3 is 28.8 Å². The van der Waals surface area contributed by atoms with Gasteiger partial charge in [0, 0.05) is 6.42 Å². The summed E-state index contributed by atoms with van der Waals surface area (Å²) in [6, 6.07) is -0.910. The van der Waals surface area contributed by atoms with Crippen molar-refractivity contribution in [2.75, 3.05) is 40.9 Å². The normalized spacial score (nSPS) is 15.0. The quantitative estimate of drug-likeness (QED) is 0.0287. The summed E-state index contributed by atoms with van der Waals surface area (Å²) in [5.74, 6) is -0.220. The average molecular weight is 739 g/mol. The molecule has 0 saturated carbocycles. The van der Waals surface area contributed by atoms with Gasteiger partial charge in [-0.15, -0.1) is 0 Å². The van der Waals surface area contributed by atoms with Crippen LogP contribution in [0.4, 0.5) is 0 Å². The number of phosphoric ester groups is 1. The molecule has 0 aliphatic heterocycles. The summed E-state index contributed by atoms with van der Waals surface area (Å²) in [4.78, 5) is 25.2. The van der Waals surface area contributed by atoms with E-state index in [1.165, 1.54) is 89.9 Å². The molecule has 0 aromatic rings. The predicted molar refractivity (Wildman–Crippen MR) is 214 cm³/mol. The zero-order valence-electron chi connectivity index (χ0n) is 33.5. The van der Waals surface area contributed by atoms with Crippen molar-refractivity contribution in [3.05, 3.63) is 48.6 Å². The minimum atomic E-state index is -4.59. The molecule has 2 N–H and O–H groups in total. The van der Waals surface area contributed by atoms with Crippen molar-refractivity contribution in [2.24, 2.45) is 0 Å². The maximum atomic E-state index is 12.8. The summed E-state index contributed by atoms with van der Waals surface area (Å²) in [6.07, 6.45) is 41.5. The van der Waals surface area contributed by atoms with Gasteiger partial charge >= 0.3 is 0 Å². The van der Waals surface area contributed by atoms with Crippen LogP contribution < -0.4 is 10.2 Å². The molecule has 0 spiro atoms. The van der Waals surface area contributed by atoms with Gasteiger partial charge in [-0.2, -0.15) is 0 Å². The molecular weight excluding hydrogens is 659 g/mol. The van der Waals surface area contributed by atoms with E-state index in [0.717, 1.165) is 51.4 Å². The van der Waals surface area contributed by atoms with Crippen LogP contribution >= 0.6 is 7.82 Å². The number of phosphoric acid groups is 1. The largest absolute Gasteiger partial charge is 0.756 e. The maximum Gasteiger partial charge on any atom is 0.268 e. The standard InChI is InChI=1S/C42H79N2O6P/c1-6-8-10-12-14-16-18-20-22-24-26-28-30-32-34-36-42(46)43-40(39-50-51(47,48)49-38-37-44(3,4)5)41(45)35-33-31-29-27-25-23-21-19-17-15-13-11-9-7-2/h16-19,25,27,33,35,40-41,45H,6-15,20-24,26,28-32,34,36-39H2,1-5H3,(H-,43,46,47,48)/b18-16-,19-17+,27-25+,35-33+. The molecule has 3 atom stereocenters. The Hall–Kier alpha value is -1.54. The second-order valence-corrected chi connectivity index (χ2v) is 16.4. The number of amides is 1. The summed E-state index contributed by atoms with van der Waals surface area (Å²) >= 11 is 0. The van der Waals surface area contributed by atoms with E-state index in [9.17, 15) is 19.4 Å². The molecule has 0 saturated heterocycles. The Labute approximate surface area is 314 Å². The van der Waals surface area contributed by atoms with Crippen molar-refractivity contribution >= 4 is 13.7 Å². The van der Waals surface area contributed by atoms with E-state index >= 15 is 0 Å². The van der Waals surface area contributed by atoms with E-state index in [4.69, 9.17) is 9.05 Å². The van der Waals surface area contributed by atoms with Crippen LogP contribution in [-0.2, 0) is 18.4 Å². The number of quaternary nitrogens is 1.